The molecule has 0 saturated carbocycles. The average Bonchev–Trinajstić information content (AvgIpc) is 3.51. The predicted octanol–water partition coefficient (Wildman–Crippen LogP) is 5.01. The molecule has 1 atom stereocenters. The van der Waals surface area contributed by atoms with Crippen LogP contribution in [0.3, 0.4) is 0 Å². The maximum Gasteiger partial charge on any atom is 0.296 e. The number of ketones is 1. The third-order valence-corrected chi connectivity index (χ3v) is 8.75. The van der Waals surface area contributed by atoms with Crippen LogP contribution in [0.15, 0.2) is 60.8 Å². The number of hydrogen-bond acceptors (Lipinski definition) is 10. The molecule has 0 unspecified atom stereocenters. The summed E-state index contributed by atoms with van der Waals surface area (Å²) in [5.41, 5.74) is 1.56. The first kappa shape index (κ1) is 33.6. The summed E-state index contributed by atoms with van der Waals surface area (Å²) in [7, 11) is 1.85. The summed E-state index contributed by atoms with van der Waals surface area (Å²) in [6, 6.07) is 16.2. The number of ether oxygens (including phenoxy) is 1. The zero-order valence-corrected chi connectivity index (χ0v) is 28.5. The maximum atomic E-state index is 13.7. The van der Waals surface area contributed by atoms with E-state index >= 15 is 0 Å². The number of carbonyl (C=O) groups excluding carboxylic acids is 2. The van der Waals surface area contributed by atoms with Gasteiger partial charge in [0.25, 0.3) is 11.7 Å². The second-order valence-electron chi connectivity index (χ2n) is 12.9. The largest absolute Gasteiger partial charge is 0.492 e. The predicted molar refractivity (Wildman–Crippen MR) is 187 cm³/mol. The van der Waals surface area contributed by atoms with Gasteiger partial charge in [0.15, 0.2) is 5.75 Å². The molecule has 1 aromatic heterocycles. The number of nitrogens with zero attached hydrogens (tertiary/aromatic N) is 4. The number of nitrogens with one attached hydrogen (secondary N) is 3. The monoisotopic (exact) mass is 659 g/mol. The highest BCUT2D eigenvalue weighted by molar-refractivity contribution is 7.92. The number of sulfonamides is 1. The first-order valence-electron chi connectivity index (χ1n) is 15.2. The average molecular weight is 660 g/mol. The summed E-state index contributed by atoms with van der Waals surface area (Å²) in [5.74, 6) is -0.318. The van der Waals surface area contributed by atoms with Crippen LogP contribution in [0.2, 0.25) is 0 Å². The number of benzene rings is 3. The lowest BCUT2D eigenvalue weighted by Crippen LogP contribution is -2.32. The van der Waals surface area contributed by atoms with E-state index in [1.807, 2.05) is 32.9 Å². The minimum absolute atomic E-state index is 0.0874. The SMILES string of the molecule is COc1c(NC(=O)C(=O)c2ccc(Nc3ccnc(N4CC[C@@H](N(C)C)C4)n3)c3ccccc23)cc(C(C)(C)C)cc1NS(C)(=O)=O. The molecular weight excluding hydrogens is 618 g/mol. The van der Waals surface area contributed by atoms with Gasteiger partial charge in [-0.05, 0) is 67.2 Å². The molecule has 12 nitrogen and oxygen atoms in total. The van der Waals surface area contributed by atoms with Gasteiger partial charge in [0.05, 0.1) is 24.7 Å². The van der Waals surface area contributed by atoms with E-state index in [-0.39, 0.29) is 22.7 Å². The fourth-order valence-corrected chi connectivity index (χ4v) is 6.16. The van der Waals surface area contributed by atoms with Crippen LogP contribution in [0, 0.1) is 0 Å². The van der Waals surface area contributed by atoms with Crippen LogP contribution in [0.4, 0.5) is 28.8 Å². The van der Waals surface area contributed by atoms with Gasteiger partial charge in [-0.15, -0.1) is 0 Å². The van der Waals surface area contributed by atoms with Crippen LogP contribution >= 0.6 is 0 Å². The minimum Gasteiger partial charge on any atom is -0.492 e. The highest BCUT2D eigenvalue weighted by Crippen LogP contribution is 2.39. The first-order chi connectivity index (χ1) is 22.1. The fourth-order valence-electron chi connectivity index (χ4n) is 5.61. The van der Waals surface area contributed by atoms with Gasteiger partial charge in [-0.3, -0.25) is 14.3 Å². The molecule has 248 valence electrons. The lowest BCUT2D eigenvalue weighted by molar-refractivity contribution is -0.112. The molecular formula is C34H41N7O5S. The van der Waals surface area contributed by atoms with Crippen LogP contribution < -0.4 is 25.0 Å². The molecule has 3 aromatic carbocycles. The maximum absolute atomic E-state index is 13.7. The third kappa shape index (κ3) is 7.63. The molecule has 13 heteroatoms. The zero-order valence-electron chi connectivity index (χ0n) is 27.7. The van der Waals surface area contributed by atoms with Crippen LogP contribution in [-0.4, -0.2) is 81.6 Å². The second-order valence-corrected chi connectivity index (χ2v) is 14.7. The van der Waals surface area contributed by atoms with Crippen molar-refractivity contribution in [3.8, 4) is 5.75 Å². The van der Waals surface area contributed by atoms with Gasteiger partial charge < -0.3 is 25.2 Å². The number of methoxy groups -OCH3 is 1. The normalized spacial score (nSPS) is 15.1. The van der Waals surface area contributed by atoms with Gasteiger partial charge in [0.1, 0.15) is 5.82 Å². The van der Waals surface area contributed by atoms with Crippen molar-refractivity contribution in [2.75, 3.05) is 60.8 Å². The minimum atomic E-state index is -3.67. The molecule has 0 bridgehead atoms. The van der Waals surface area contributed by atoms with Crippen molar-refractivity contribution in [1.82, 2.24) is 14.9 Å². The van der Waals surface area contributed by atoms with Crippen molar-refractivity contribution in [2.24, 2.45) is 0 Å². The van der Waals surface area contributed by atoms with Crippen molar-refractivity contribution < 1.29 is 22.7 Å². The van der Waals surface area contributed by atoms with Crippen molar-refractivity contribution >= 4 is 61.3 Å². The Morgan fingerprint density at radius 1 is 1.00 bits per heavy atom. The van der Waals surface area contributed by atoms with Crippen molar-refractivity contribution in [1.29, 1.82) is 0 Å². The summed E-state index contributed by atoms with van der Waals surface area (Å²) in [6.45, 7) is 7.57. The lowest BCUT2D eigenvalue weighted by Gasteiger charge is -2.24. The van der Waals surface area contributed by atoms with Crippen LogP contribution in [0.1, 0.15) is 43.1 Å². The van der Waals surface area contributed by atoms with Gasteiger partial charge in [0.2, 0.25) is 16.0 Å². The Kier molecular flexibility index (Phi) is 9.41. The number of likely N-dealkylation sites (N-methyl/N-ethyl adjacent to an activating group) is 1. The smallest absolute Gasteiger partial charge is 0.296 e. The van der Waals surface area contributed by atoms with Crippen molar-refractivity contribution in [2.45, 2.75) is 38.6 Å². The topological polar surface area (TPSA) is 146 Å². The molecule has 47 heavy (non-hydrogen) atoms. The standard InChI is InChI=1S/C34H41N7O5S/c1-34(2,3)21-18-27(31(46-6)28(19-21)39-47(7,44)45)37-32(43)30(42)25-12-13-26(24-11-9-8-10-23(24)25)36-29-14-16-35-33(38-29)41-17-15-22(20-41)40(4)5/h8-14,16,18-19,22,39H,15,17,20H2,1-7H3,(H,37,43)(H,35,36,38)/t22-/m1/s1. The van der Waals surface area contributed by atoms with Gasteiger partial charge in [-0.1, -0.05) is 45.0 Å². The fraction of sp³-hybridized carbons (Fsp3) is 0.353. The molecule has 4 aromatic rings. The molecule has 0 radical (unpaired) electrons. The Balaban J connectivity index is 1.43. The highest BCUT2D eigenvalue weighted by Gasteiger charge is 2.27. The Bertz CT molecular complexity index is 1940. The van der Waals surface area contributed by atoms with Crippen molar-refractivity contribution in [3.63, 3.8) is 0 Å². The van der Waals surface area contributed by atoms with Gasteiger partial charge in [0, 0.05) is 42.0 Å². The van der Waals surface area contributed by atoms with Gasteiger partial charge >= 0.3 is 0 Å². The molecule has 1 fully saturated rings. The summed E-state index contributed by atoms with van der Waals surface area (Å²) in [6.07, 6.45) is 3.78. The van der Waals surface area contributed by atoms with Gasteiger partial charge in [-0.25, -0.2) is 13.4 Å². The van der Waals surface area contributed by atoms with E-state index in [1.165, 1.54) is 7.11 Å². The van der Waals surface area contributed by atoms with E-state index in [0.29, 0.717) is 28.9 Å². The molecule has 5 rings (SSSR count). The van der Waals surface area contributed by atoms with Crippen LogP contribution in [-0.2, 0) is 20.2 Å². The highest BCUT2D eigenvalue weighted by atomic mass is 32.2. The number of anilines is 5. The Hall–Kier alpha value is -4.75. The molecule has 2 heterocycles. The summed E-state index contributed by atoms with van der Waals surface area (Å²) in [4.78, 5) is 40.8. The molecule has 1 saturated heterocycles. The van der Waals surface area contributed by atoms with Crippen molar-refractivity contribution in [3.05, 3.63) is 71.9 Å². The van der Waals surface area contributed by atoms with E-state index in [0.717, 1.165) is 36.7 Å². The lowest BCUT2D eigenvalue weighted by atomic mass is 9.86. The molecule has 1 aliphatic rings. The van der Waals surface area contributed by atoms with Crippen LogP contribution in [0.25, 0.3) is 10.8 Å². The van der Waals surface area contributed by atoms with Gasteiger partial charge in [-0.2, -0.15) is 4.98 Å². The Morgan fingerprint density at radius 3 is 2.34 bits per heavy atom. The number of amides is 1. The Labute approximate surface area is 275 Å². The van der Waals surface area contributed by atoms with E-state index in [4.69, 9.17) is 9.72 Å². The molecule has 0 aliphatic carbocycles. The summed E-state index contributed by atoms with van der Waals surface area (Å²) in [5, 5.41) is 7.35. The first-order valence-corrected chi connectivity index (χ1v) is 17.1. The number of aromatic nitrogens is 2. The number of fused-ring (bicyclic) bond motifs is 1. The quantitative estimate of drug-likeness (QED) is 0.157. The second kappa shape index (κ2) is 13.2. The zero-order chi connectivity index (χ0) is 34.1. The molecule has 3 N–H and O–H groups in total. The molecule has 1 aliphatic heterocycles. The third-order valence-electron chi connectivity index (χ3n) is 8.16. The van der Waals surface area contributed by atoms with E-state index in [9.17, 15) is 18.0 Å². The molecule has 1 amide bonds. The summed E-state index contributed by atoms with van der Waals surface area (Å²) >= 11 is 0. The number of rotatable bonds is 10. The number of hydrogen-bond donors (Lipinski definition) is 3. The van der Waals surface area contributed by atoms with E-state index in [2.05, 4.69) is 44.2 Å². The summed E-state index contributed by atoms with van der Waals surface area (Å²) < 4.78 is 32.2. The van der Waals surface area contributed by atoms with E-state index < -0.39 is 27.1 Å². The van der Waals surface area contributed by atoms with Crippen LogP contribution in [0.5, 0.6) is 5.75 Å². The molecule has 0 spiro atoms. The number of Topliss-reactive ketones (excluding diaryl/α,β-unsaturated/α-hetero) is 1. The van der Waals surface area contributed by atoms with E-state index in [1.54, 1.807) is 48.7 Å². The number of carbonyl (C=O) groups is 2. The Morgan fingerprint density at radius 2 is 1.70 bits per heavy atom.